The minimum atomic E-state index is -0.969. The standard InChI is InChI=1S/C14H18Cl2N2O3.ClH/c1-3-7-18(8-12(19)20)9(2)14(21)17-11-6-4-5-10(15)13(11)16;/h4-6,9H,3,7-8H2,1-2H3,(H,17,21)(H,19,20);1H. The van der Waals surface area contributed by atoms with Crippen molar-refractivity contribution < 1.29 is 14.7 Å². The zero-order chi connectivity index (χ0) is 16.0. The fourth-order valence-electron chi connectivity index (χ4n) is 1.87. The number of nitrogens with one attached hydrogen (secondary N) is 1. The zero-order valence-corrected chi connectivity index (χ0v) is 14.6. The molecule has 0 aromatic heterocycles. The van der Waals surface area contributed by atoms with Crippen LogP contribution in [0, 0.1) is 0 Å². The summed E-state index contributed by atoms with van der Waals surface area (Å²) < 4.78 is 0. The Balaban J connectivity index is 0.00000441. The lowest BCUT2D eigenvalue weighted by Crippen LogP contribution is -2.45. The fraction of sp³-hybridized carbons (Fsp3) is 0.429. The normalized spacial score (nSPS) is 11.7. The lowest BCUT2D eigenvalue weighted by atomic mass is 10.2. The van der Waals surface area contributed by atoms with Crippen LogP contribution in [0.5, 0.6) is 0 Å². The Morgan fingerprint density at radius 3 is 2.55 bits per heavy atom. The molecule has 1 aromatic rings. The van der Waals surface area contributed by atoms with Crippen molar-refractivity contribution in [3.63, 3.8) is 0 Å². The highest BCUT2D eigenvalue weighted by Gasteiger charge is 2.23. The Hall–Kier alpha value is -1.01. The fourth-order valence-corrected chi connectivity index (χ4v) is 2.22. The van der Waals surface area contributed by atoms with E-state index in [9.17, 15) is 9.59 Å². The van der Waals surface area contributed by atoms with E-state index in [0.717, 1.165) is 6.42 Å². The number of carboxylic acid groups (broad SMARTS) is 1. The van der Waals surface area contributed by atoms with Crippen molar-refractivity contribution in [3.8, 4) is 0 Å². The van der Waals surface area contributed by atoms with Gasteiger partial charge in [0.2, 0.25) is 5.91 Å². The molecule has 1 amide bonds. The lowest BCUT2D eigenvalue weighted by Gasteiger charge is -2.26. The van der Waals surface area contributed by atoms with Gasteiger partial charge in [0.15, 0.2) is 0 Å². The summed E-state index contributed by atoms with van der Waals surface area (Å²) >= 11 is 11.9. The predicted octanol–water partition coefficient (Wildman–Crippen LogP) is 3.54. The van der Waals surface area contributed by atoms with E-state index in [2.05, 4.69) is 5.32 Å². The van der Waals surface area contributed by atoms with E-state index in [1.54, 1.807) is 30.0 Å². The van der Waals surface area contributed by atoms with Crippen molar-refractivity contribution in [2.45, 2.75) is 26.3 Å². The minimum absolute atomic E-state index is 0. The predicted molar refractivity (Wildman–Crippen MR) is 91.3 cm³/mol. The summed E-state index contributed by atoms with van der Waals surface area (Å²) in [7, 11) is 0. The highest BCUT2D eigenvalue weighted by atomic mass is 35.5. The SMILES string of the molecule is CCCN(CC(=O)O)C(C)C(=O)Nc1cccc(Cl)c1Cl.Cl. The molecule has 1 aromatic carbocycles. The zero-order valence-electron chi connectivity index (χ0n) is 12.3. The number of carboxylic acids is 1. The number of halogens is 3. The Labute approximate surface area is 146 Å². The van der Waals surface area contributed by atoms with Crippen molar-refractivity contribution in [3.05, 3.63) is 28.2 Å². The second-order valence-electron chi connectivity index (χ2n) is 4.63. The van der Waals surface area contributed by atoms with Crippen LogP contribution in [0.2, 0.25) is 10.0 Å². The van der Waals surface area contributed by atoms with E-state index < -0.39 is 12.0 Å². The van der Waals surface area contributed by atoms with Crippen molar-refractivity contribution >= 4 is 53.2 Å². The maximum atomic E-state index is 12.2. The second-order valence-corrected chi connectivity index (χ2v) is 5.42. The molecule has 0 saturated carbocycles. The van der Waals surface area contributed by atoms with E-state index in [4.69, 9.17) is 28.3 Å². The van der Waals surface area contributed by atoms with Gasteiger partial charge in [-0.15, -0.1) is 12.4 Å². The molecule has 0 aliphatic rings. The highest BCUT2D eigenvalue weighted by Crippen LogP contribution is 2.29. The molecule has 5 nitrogen and oxygen atoms in total. The van der Waals surface area contributed by atoms with Gasteiger partial charge in [-0.05, 0) is 32.0 Å². The number of benzene rings is 1. The molecular weight excluding hydrogens is 351 g/mol. The van der Waals surface area contributed by atoms with Gasteiger partial charge in [0.1, 0.15) is 0 Å². The molecular formula is C14H19Cl3N2O3. The van der Waals surface area contributed by atoms with Crippen molar-refractivity contribution in [2.24, 2.45) is 0 Å². The van der Waals surface area contributed by atoms with Crippen molar-refractivity contribution in [1.29, 1.82) is 0 Å². The van der Waals surface area contributed by atoms with Crippen LogP contribution in [0.3, 0.4) is 0 Å². The first kappa shape index (κ1) is 21.0. The molecule has 0 fully saturated rings. The molecule has 0 bridgehead atoms. The number of aliphatic carboxylic acids is 1. The Morgan fingerprint density at radius 2 is 2.00 bits per heavy atom. The molecule has 0 heterocycles. The molecule has 1 unspecified atom stereocenters. The first-order chi connectivity index (χ1) is 9.86. The van der Waals surface area contributed by atoms with Gasteiger partial charge < -0.3 is 10.4 Å². The molecule has 22 heavy (non-hydrogen) atoms. The van der Waals surface area contributed by atoms with Crippen LogP contribution in [-0.4, -0.2) is 41.0 Å². The number of amides is 1. The molecule has 8 heteroatoms. The largest absolute Gasteiger partial charge is 0.480 e. The van der Waals surface area contributed by atoms with Crippen LogP contribution in [0.1, 0.15) is 20.3 Å². The number of hydrogen-bond donors (Lipinski definition) is 2. The van der Waals surface area contributed by atoms with Crippen molar-refractivity contribution in [2.75, 3.05) is 18.4 Å². The van der Waals surface area contributed by atoms with Crippen LogP contribution in [0.25, 0.3) is 0 Å². The third kappa shape index (κ3) is 6.01. The number of nitrogens with zero attached hydrogens (tertiary/aromatic N) is 1. The molecule has 1 atom stereocenters. The average molecular weight is 370 g/mol. The first-order valence-corrected chi connectivity index (χ1v) is 7.33. The summed E-state index contributed by atoms with van der Waals surface area (Å²) in [5.41, 5.74) is 0.410. The molecule has 124 valence electrons. The van der Waals surface area contributed by atoms with E-state index >= 15 is 0 Å². The lowest BCUT2D eigenvalue weighted by molar-refractivity contribution is -0.139. The summed E-state index contributed by atoms with van der Waals surface area (Å²) in [5.74, 6) is -1.29. The van der Waals surface area contributed by atoms with Gasteiger partial charge in [-0.3, -0.25) is 14.5 Å². The Bertz CT molecular complexity index is 526. The van der Waals surface area contributed by atoms with Gasteiger partial charge in [-0.2, -0.15) is 0 Å². The molecule has 0 aliphatic heterocycles. The monoisotopic (exact) mass is 368 g/mol. The minimum Gasteiger partial charge on any atom is -0.480 e. The van der Waals surface area contributed by atoms with E-state index in [1.807, 2.05) is 6.92 Å². The van der Waals surface area contributed by atoms with Crippen LogP contribution < -0.4 is 5.32 Å². The summed E-state index contributed by atoms with van der Waals surface area (Å²) in [6.45, 7) is 3.91. The third-order valence-corrected chi connectivity index (χ3v) is 3.80. The maximum Gasteiger partial charge on any atom is 0.317 e. The van der Waals surface area contributed by atoms with Gasteiger partial charge >= 0.3 is 5.97 Å². The molecule has 0 aliphatic carbocycles. The maximum absolute atomic E-state index is 12.2. The topological polar surface area (TPSA) is 69.6 Å². The van der Waals surface area contributed by atoms with Crippen LogP contribution in [0.4, 0.5) is 5.69 Å². The van der Waals surface area contributed by atoms with Gasteiger partial charge in [0, 0.05) is 0 Å². The Kier molecular flexibility index (Phi) is 9.44. The quantitative estimate of drug-likeness (QED) is 0.771. The number of carbonyl (C=O) groups is 2. The van der Waals surface area contributed by atoms with E-state index in [0.29, 0.717) is 17.3 Å². The highest BCUT2D eigenvalue weighted by molar-refractivity contribution is 6.44. The number of anilines is 1. The average Bonchev–Trinajstić information content (AvgIpc) is 2.42. The van der Waals surface area contributed by atoms with Gasteiger partial charge in [-0.25, -0.2) is 0 Å². The molecule has 0 spiro atoms. The molecule has 1 rings (SSSR count). The number of carbonyl (C=O) groups excluding carboxylic acids is 1. The van der Waals surface area contributed by atoms with Crippen molar-refractivity contribution in [1.82, 2.24) is 4.90 Å². The van der Waals surface area contributed by atoms with E-state index in [-0.39, 0.29) is 29.9 Å². The summed E-state index contributed by atoms with van der Waals surface area (Å²) in [6, 6.07) is 4.35. The summed E-state index contributed by atoms with van der Waals surface area (Å²) in [5, 5.41) is 12.2. The van der Waals surface area contributed by atoms with Crippen LogP contribution in [-0.2, 0) is 9.59 Å². The second kappa shape index (κ2) is 9.90. The van der Waals surface area contributed by atoms with E-state index in [1.165, 1.54) is 0 Å². The molecule has 0 saturated heterocycles. The molecule has 0 radical (unpaired) electrons. The smallest absolute Gasteiger partial charge is 0.317 e. The van der Waals surface area contributed by atoms with Gasteiger partial charge in [-0.1, -0.05) is 36.2 Å². The summed E-state index contributed by atoms with van der Waals surface area (Å²) in [4.78, 5) is 24.7. The number of rotatable bonds is 7. The third-order valence-electron chi connectivity index (χ3n) is 2.99. The van der Waals surface area contributed by atoms with Gasteiger partial charge in [0.05, 0.1) is 28.3 Å². The number of hydrogen-bond acceptors (Lipinski definition) is 3. The van der Waals surface area contributed by atoms with Crippen LogP contribution >= 0.6 is 35.6 Å². The first-order valence-electron chi connectivity index (χ1n) is 6.57. The van der Waals surface area contributed by atoms with Gasteiger partial charge in [0.25, 0.3) is 0 Å². The summed E-state index contributed by atoms with van der Waals surface area (Å²) in [6.07, 6.45) is 0.753. The molecule has 2 N–H and O–H groups in total. The van der Waals surface area contributed by atoms with Crippen LogP contribution in [0.15, 0.2) is 18.2 Å². The Morgan fingerprint density at radius 1 is 1.36 bits per heavy atom.